The van der Waals surface area contributed by atoms with E-state index in [-0.39, 0.29) is 18.8 Å². The van der Waals surface area contributed by atoms with E-state index in [0.29, 0.717) is 35.8 Å². The number of likely N-dealkylation sites (N-methyl/N-ethyl adjacent to an activating group) is 1. The minimum absolute atomic E-state index is 0.00202. The molecule has 39 heavy (non-hydrogen) atoms. The molecular weight excluding hydrogens is 520 g/mol. The summed E-state index contributed by atoms with van der Waals surface area (Å²) in [4.78, 5) is 27.3. The van der Waals surface area contributed by atoms with Gasteiger partial charge in [0.25, 0.3) is 0 Å². The number of rotatable bonds is 11. The summed E-state index contributed by atoms with van der Waals surface area (Å²) < 4.78 is 7.67. The molecule has 0 spiro atoms. The minimum Gasteiger partial charge on any atom is -0.481 e. The number of nitrogens with zero attached hydrogens (tertiary/aromatic N) is 4. The van der Waals surface area contributed by atoms with Gasteiger partial charge in [0, 0.05) is 36.1 Å². The van der Waals surface area contributed by atoms with Crippen LogP contribution in [0, 0.1) is 5.41 Å². The molecule has 2 heterocycles. The van der Waals surface area contributed by atoms with Crippen LogP contribution in [0.3, 0.4) is 0 Å². The standard InChI is InChI=1S/C29H33ClN4O5/c1-4-34-19(2)29(3,28(37)38)26(22-12-8-9-13-23(22)30)25(27(35)36)24(34)18-39-15-14-33-17-21(31-32-33)16-20-10-6-5-7-11-20/h5-13,17,19,26H,4,14-16,18H2,1-3H3,(H,35,36)(H,37,38). The molecule has 0 radical (unpaired) electrons. The molecule has 9 nitrogen and oxygen atoms in total. The van der Waals surface area contributed by atoms with Crippen LogP contribution in [0.15, 0.2) is 72.1 Å². The highest BCUT2D eigenvalue weighted by Crippen LogP contribution is 2.52. The lowest BCUT2D eigenvalue weighted by atomic mass is 9.62. The van der Waals surface area contributed by atoms with Crippen molar-refractivity contribution in [3.05, 3.63) is 93.9 Å². The Labute approximate surface area is 232 Å². The Balaban J connectivity index is 1.58. The number of hydrogen-bond acceptors (Lipinski definition) is 6. The second-order valence-corrected chi connectivity index (χ2v) is 10.3. The molecule has 4 rings (SSSR count). The van der Waals surface area contributed by atoms with Crippen molar-refractivity contribution in [3.63, 3.8) is 0 Å². The molecule has 0 amide bonds. The average molecular weight is 553 g/mol. The van der Waals surface area contributed by atoms with Gasteiger partial charge in [-0.2, -0.15) is 0 Å². The van der Waals surface area contributed by atoms with Crippen molar-refractivity contribution < 1.29 is 24.5 Å². The highest BCUT2D eigenvalue weighted by molar-refractivity contribution is 6.31. The Morgan fingerprint density at radius 3 is 2.44 bits per heavy atom. The SMILES string of the molecule is CCN1C(COCCn2cc(Cc3ccccc3)nn2)=C(C(=O)O)C(c2ccccc2Cl)C(C)(C(=O)O)C1C. The van der Waals surface area contributed by atoms with Gasteiger partial charge in [0.15, 0.2) is 0 Å². The van der Waals surface area contributed by atoms with Gasteiger partial charge >= 0.3 is 11.9 Å². The molecule has 2 N–H and O–H groups in total. The van der Waals surface area contributed by atoms with Crippen LogP contribution in [0.2, 0.25) is 5.02 Å². The van der Waals surface area contributed by atoms with Crippen molar-refractivity contribution >= 4 is 23.5 Å². The third-order valence-corrected chi connectivity index (χ3v) is 7.99. The molecule has 0 saturated heterocycles. The van der Waals surface area contributed by atoms with E-state index in [1.165, 1.54) is 0 Å². The summed E-state index contributed by atoms with van der Waals surface area (Å²) >= 11 is 6.50. The van der Waals surface area contributed by atoms with Crippen LogP contribution in [0.25, 0.3) is 0 Å². The number of aliphatic carboxylic acids is 2. The maximum absolute atomic E-state index is 12.7. The third-order valence-electron chi connectivity index (χ3n) is 7.65. The van der Waals surface area contributed by atoms with Crippen molar-refractivity contribution in [2.24, 2.45) is 5.41 Å². The van der Waals surface area contributed by atoms with Crippen molar-refractivity contribution in [3.8, 4) is 0 Å². The minimum atomic E-state index is -1.45. The van der Waals surface area contributed by atoms with Gasteiger partial charge in [0.1, 0.15) is 0 Å². The Hall–Kier alpha value is -3.69. The van der Waals surface area contributed by atoms with Crippen LogP contribution in [-0.2, 0) is 27.3 Å². The summed E-state index contributed by atoms with van der Waals surface area (Å²) in [6.07, 6.45) is 2.54. The Morgan fingerprint density at radius 1 is 1.10 bits per heavy atom. The molecule has 0 saturated carbocycles. The predicted octanol–water partition coefficient (Wildman–Crippen LogP) is 4.48. The van der Waals surface area contributed by atoms with Crippen molar-refractivity contribution in [2.45, 2.75) is 45.7 Å². The summed E-state index contributed by atoms with van der Waals surface area (Å²) in [6, 6.07) is 16.3. The van der Waals surface area contributed by atoms with Crippen LogP contribution < -0.4 is 0 Å². The van der Waals surface area contributed by atoms with Gasteiger partial charge < -0.3 is 19.8 Å². The molecule has 3 unspecified atom stereocenters. The Bertz CT molecular complexity index is 1360. The fourth-order valence-corrected chi connectivity index (χ4v) is 5.69. The van der Waals surface area contributed by atoms with Crippen LogP contribution >= 0.6 is 11.6 Å². The predicted molar refractivity (Wildman–Crippen MR) is 147 cm³/mol. The van der Waals surface area contributed by atoms with E-state index in [0.717, 1.165) is 11.3 Å². The molecule has 1 aromatic heterocycles. The van der Waals surface area contributed by atoms with E-state index in [4.69, 9.17) is 16.3 Å². The molecule has 0 bridgehead atoms. The zero-order valence-corrected chi connectivity index (χ0v) is 23.0. The third kappa shape index (κ3) is 5.69. The molecular formula is C29H33ClN4O5. The Morgan fingerprint density at radius 2 is 1.79 bits per heavy atom. The smallest absolute Gasteiger partial charge is 0.334 e. The van der Waals surface area contributed by atoms with E-state index in [2.05, 4.69) is 10.3 Å². The first-order valence-corrected chi connectivity index (χ1v) is 13.3. The van der Waals surface area contributed by atoms with Crippen LogP contribution in [0.5, 0.6) is 0 Å². The zero-order chi connectivity index (χ0) is 28.2. The number of benzene rings is 2. The van der Waals surface area contributed by atoms with Gasteiger partial charge in [-0.05, 0) is 38.0 Å². The van der Waals surface area contributed by atoms with E-state index in [1.54, 1.807) is 35.9 Å². The van der Waals surface area contributed by atoms with E-state index in [9.17, 15) is 19.8 Å². The second kappa shape index (κ2) is 12.0. The highest BCUT2D eigenvalue weighted by atomic mass is 35.5. The molecule has 3 aromatic rings. The van der Waals surface area contributed by atoms with Crippen molar-refractivity contribution in [2.75, 3.05) is 19.8 Å². The molecule has 0 aliphatic carbocycles. The van der Waals surface area contributed by atoms with Crippen LogP contribution in [0.1, 0.15) is 43.5 Å². The number of halogens is 1. The van der Waals surface area contributed by atoms with E-state index in [1.807, 2.05) is 55.3 Å². The number of carbonyl (C=O) groups is 2. The molecule has 0 fully saturated rings. The largest absolute Gasteiger partial charge is 0.481 e. The number of ether oxygens (including phenoxy) is 1. The first-order valence-electron chi connectivity index (χ1n) is 12.9. The quantitative estimate of drug-likeness (QED) is 0.334. The lowest BCUT2D eigenvalue weighted by Gasteiger charge is -2.51. The number of carboxylic acid groups (broad SMARTS) is 2. The molecule has 3 atom stereocenters. The number of hydrogen-bond donors (Lipinski definition) is 2. The normalized spacial score (nSPS) is 21.3. The molecule has 2 aromatic carbocycles. The zero-order valence-electron chi connectivity index (χ0n) is 22.2. The molecule has 10 heteroatoms. The van der Waals surface area contributed by atoms with Gasteiger partial charge in [-0.1, -0.05) is 65.3 Å². The van der Waals surface area contributed by atoms with Crippen molar-refractivity contribution in [1.82, 2.24) is 19.9 Å². The lowest BCUT2D eigenvalue weighted by molar-refractivity contribution is -0.154. The molecule has 1 aliphatic heterocycles. The highest BCUT2D eigenvalue weighted by Gasteiger charge is 2.56. The fourth-order valence-electron chi connectivity index (χ4n) is 5.44. The summed E-state index contributed by atoms with van der Waals surface area (Å²) in [5.74, 6) is -3.26. The average Bonchev–Trinajstić information content (AvgIpc) is 3.36. The van der Waals surface area contributed by atoms with E-state index >= 15 is 0 Å². The maximum Gasteiger partial charge on any atom is 0.334 e. The molecule has 206 valence electrons. The van der Waals surface area contributed by atoms with Crippen molar-refractivity contribution in [1.29, 1.82) is 0 Å². The second-order valence-electron chi connectivity index (χ2n) is 9.86. The van der Waals surface area contributed by atoms with Crippen LogP contribution in [-0.4, -0.2) is 67.8 Å². The van der Waals surface area contributed by atoms with Gasteiger partial charge in [-0.15, -0.1) is 5.10 Å². The van der Waals surface area contributed by atoms with Crippen LogP contribution in [0.4, 0.5) is 0 Å². The lowest BCUT2D eigenvalue weighted by Crippen LogP contribution is -2.57. The van der Waals surface area contributed by atoms with Gasteiger partial charge in [0.2, 0.25) is 0 Å². The van der Waals surface area contributed by atoms with Gasteiger partial charge in [-0.25, -0.2) is 9.48 Å². The first kappa shape index (κ1) is 28.3. The first-order chi connectivity index (χ1) is 18.7. The number of carboxylic acids is 2. The monoisotopic (exact) mass is 552 g/mol. The van der Waals surface area contributed by atoms with E-state index < -0.39 is 29.3 Å². The fraction of sp³-hybridized carbons (Fsp3) is 0.379. The topological polar surface area (TPSA) is 118 Å². The van der Waals surface area contributed by atoms with Gasteiger partial charge in [0.05, 0.1) is 42.1 Å². The number of aromatic nitrogens is 3. The summed E-state index contributed by atoms with van der Waals surface area (Å²) in [5.41, 5.74) is 1.43. The van der Waals surface area contributed by atoms with Gasteiger partial charge in [-0.3, -0.25) is 4.79 Å². The Kier molecular flexibility index (Phi) is 8.72. The summed E-state index contributed by atoms with van der Waals surface area (Å²) in [5, 5.41) is 29.5. The molecule has 1 aliphatic rings. The summed E-state index contributed by atoms with van der Waals surface area (Å²) in [6.45, 7) is 6.39. The summed E-state index contributed by atoms with van der Waals surface area (Å²) in [7, 11) is 0. The maximum atomic E-state index is 12.7.